The minimum Gasteiger partial charge on any atom is -0.372 e. The molecule has 1 N–H and O–H groups in total. The van der Waals surface area contributed by atoms with Crippen molar-refractivity contribution in [2.24, 2.45) is 0 Å². The second-order valence-electron chi connectivity index (χ2n) is 7.68. The largest absolute Gasteiger partial charge is 0.372 e. The van der Waals surface area contributed by atoms with Crippen LogP contribution in [0.25, 0.3) is 10.9 Å². The van der Waals surface area contributed by atoms with Gasteiger partial charge in [-0.25, -0.2) is 0 Å². The van der Waals surface area contributed by atoms with E-state index < -0.39 is 17.7 Å². The molecule has 1 aliphatic heterocycles. The van der Waals surface area contributed by atoms with E-state index in [1.165, 1.54) is 0 Å². The molecule has 164 valence electrons. The summed E-state index contributed by atoms with van der Waals surface area (Å²) in [7, 11) is 0. The van der Waals surface area contributed by atoms with Gasteiger partial charge in [0.25, 0.3) is 17.7 Å². The minimum absolute atomic E-state index is 0.285. The highest BCUT2D eigenvalue weighted by Gasteiger charge is 2.41. The molecule has 0 saturated carbocycles. The van der Waals surface area contributed by atoms with Gasteiger partial charge in [-0.05, 0) is 50.6 Å². The Morgan fingerprint density at radius 1 is 0.938 bits per heavy atom. The van der Waals surface area contributed by atoms with Crippen molar-refractivity contribution in [1.82, 2.24) is 15.4 Å². The number of nitrogens with one attached hydrogen (secondary N) is 1. The van der Waals surface area contributed by atoms with E-state index in [9.17, 15) is 14.4 Å². The van der Waals surface area contributed by atoms with Crippen molar-refractivity contribution in [3.8, 4) is 0 Å². The van der Waals surface area contributed by atoms with Crippen LogP contribution >= 0.6 is 0 Å². The molecule has 0 aliphatic carbocycles. The molecule has 1 aromatic heterocycles. The average molecular weight is 431 g/mol. The highest BCUT2D eigenvalue weighted by atomic mass is 16.2. The van der Waals surface area contributed by atoms with Gasteiger partial charge >= 0.3 is 0 Å². The number of benzene rings is 2. The van der Waals surface area contributed by atoms with E-state index in [1.807, 2.05) is 31.2 Å². The maximum atomic E-state index is 13.2. The lowest BCUT2D eigenvalue weighted by Crippen LogP contribution is -2.46. The van der Waals surface area contributed by atoms with E-state index in [0.717, 1.165) is 30.2 Å². The zero-order valence-electron chi connectivity index (χ0n) is 18.5. The van der Waals surface area contributed by atoms with Crippen molar-refractivity contribution in [2.75, 3.05) is 18.0 Å². The van der Waals surface area contributed by atoms with Crippen LogP contribution in [-0.4, -0.2) is 40.8 Å². The number of nitrogens with zero attached hydrogens (tertiary/aromatic N) is 3. The molecule has 0 bridgehead atoms. The van der Waals surface area contributed by atoms with Crippen LogP contribution in [0.5, 0.6) is 0 Å². The number of pyridine rings is 1. The summed E-state index contributed by atoms with van der Waals surface area (Å²) in [5.41, 5.74) is 5.72. The summed E-state index contributed by atoms with van der Waals surface area (Å²) in [6.45, 7) is 7.85. The van der Waals surface area contributed by atoms with Crippen molar-refractivity contribution in [3.05, 3.63) is 70.9 Å². The first-order valence-electron chi connectivity index (χ1n) is 11.0. The van der Waals surface area contributed by atoms with Crippen molar-refractivity contribution in [3.63, 3.8) is 0 Å². The highest BCUT2D eigenvalue weighted by Crippen LogP contribution is 2.31. The SMILES string of the molecule is CCCc1nc2ccccc2c2c1C(=O)N(NC(=O)c1ccc(N(CC)CC)cc1)C2=O. The van der Waals surface area contributed by atoms with Crippen LogP contribution < -0.4 is 10.3 Å². The molecule has 2 aromatic carbocycles. The second-order valence-corrected chi connectivity index (χ2v) is 7.68. The standard InChI is InChI=1S/C25H26N4O3/c1-4-9-20-22-21(18-10-7-8-11-19(18)26-20)24(31)29(25(22)32)27-23(30)16-12-14-17(15-13-16)28(5-2)6-3/h7-8,10-15H,4-6,9H2,1-3H3,(H,27,30). The number of hydrazine groups is 1. The quantitative estimate of drug-likeness (QED) is 0.574. The fourth-order valence-corrected chi connectivity index (χ4v) is 4.13. The van der Waals surface area contributed by atoms with E-state index in [4.69, 9.17) is 0 Å². The number of imide groups is 1. The summed E-state index contributed by atoms with van der Waals surface area (Å²) in [6.07, 6.45) is 1.35. The molecule has 0 radical (unpaired) electrons. The van der Waals surface area contributed by atoms with Gasteiger partial charge in [0.15, 0.2) is 0 Å². The predicted octanol–water partition coefficient (Wildman–Crippen LogP) is 3.97. The predicted molar refractivity (Wildman–Crippen MR) is 124 cm³/mol. The number of carbonyl (C=O) groups is 3. The fraction of sp³-hybridized carbons (Fsp3) is 0.280. The summed E-state index contributed by atoms with van der Waals surface area (Å²) < 4.78 is 0. The molecular formula is C25H26N4O3. The minimum atomic E-state index is -0.542. The zero-order valence-corrected chi connectivity index (χ0v) is 18.5. The number of fused-ring (bicyclic) bond motifs is 3. The maximum absolute atomic E-state index is 13.2. The van der Waals surface area contributed by atoms with Crippen molar-refractivity contribution in [2.45, 2.75) is 33.6 Å². The molecule has 32 heavy (non-hydrogen) atoms. The molecule has 4 rings (SSSR count). The van der Waals surface area contributed by atoms with Crippen molar-refractivity contribution >= 4 is 34.3 Å². The molecule has 0 fully saturated rings. The Morgan fingerprint density at radius 3 is 2.25 bits per heavy atom. The summed E-state index contributed by atoms with van der Waals surface area (Å²) in [4.78, 5) is 46.0. The van der Waals surface area contributed by atoms with Crippen LogP contribution in [0.3, 0.4) is 0 Å². The number of hydrogen-bond donors (Lipinski definition) is 1. The molecule has 3 amide bonds. The Morgan fingerprint density at radius 2 is 1.59 bits per heavy atom. The molecule has 0 saturated heterocycles. The molecule has 3 aromatic rings. The monoisotopic (exact) mass is 430 g/mol. The number of anilines is 1. The van der Waals surface area contributed by atoms with Crippen LogP contribution in [0.1, 0.15) is 64.0 Å². The summed E-state index contributed by atoms with van der Waals surface area (Å²) in [5.74, 6) is -1.59. The number of rotatable bonds is 7. The Kier molecular flexibility index (Phi) is 5.90. The Balaban J connectivity index is 1.64. The third-order valence-electron chi connectivity index (χ3n) is 5.76. The van der Waals surface area contributed by atoms with E-state index in [-0.39, 0.29) is 5.56 Å². The molecule has 2 heterocycles. The summed E-state index contributed by atoms with van der Waals surface area (Å²) >= 11 is 0. The third-order valence-corrected chi connectivity index (χ3v) is 5.76. The number of aryl methyl sites for hydroxylation is 1. The van der Waals surface area contributed by atoms with E-state index >= 15 is 0 Å². The van der Waals surface area contributed by atoms with E-state index in [1.54, 1.807) is 24.3 Å². The average Bonchev–Trinajstić information content (AvgIpc) is 3.06. The lowest BCUT2D eigenvalue weighted by molar-refractivity contribution is 0.0518. The molecule has 7 nitrogen and oxygen atoms in total. The molecule has 0 unspecified atom stereocenters. The summed E-state index contributed by atoms with van der Waals surface area (Å²) in [6, 6.07) is 14.4. The van der Waals surface area contributed by atoms with Gasteiger partial charge in [-0.2, -0.15) is 5.01 Å². The lowest BCUT2D eigenvalue weighted by atomic mass is 10.0. The van der Waals surface area contributed by atoms with Gasteiger partial charge in [-0.1, -0.05) is 31.5 Å². The highest BCUT2D eigenvalue weighted by molar-refractivity contribution is 6.27. The van der Waals surface area contributed by atoms with E-state index in [0.29, 0.717) is 34.1 Å². The van der Waals surface area contributed by atoms with E-state index in [2.05, 4.69) is 29.2 Å². The van der Waals surface area contributed by atoms with Crippen molar-refractivity contribution < 1.29 is 14.4 Å². The number of aromatic nitrogens is 1. The zero-order chi connectivity index (χ0) is 22.8. The summed E-state index contributed by atoms with van der Waals surface area (Å²) in [5, 5.41) is 1.43. The number of amides is 3. The van der Waals surface area contributed by atoms with Crippen LogP contribution in [-0.2, 0) is 6.42 Å². The molecule has 7 heteroatoms. The third kappa shape index (κ3) is 3.60. The van der Waals surface area contributed by atoms with Gasteiger partial charge in [-0.3, -0.25) is 24.8 Å². The molecular weight excluding hydrogens is 404 g/mol. The number of carbonyl (C=O) groups excluding carboxylic acids is 3. The van der Waals surface area contributed by atoms with Gasteiger partial charge in [-0.15, -0.1) is 0 Å². The molecule has 1 aliphatic rings. The second kappa shape index (κ2) is 8.78. The van der Waals surface area contributed by atoms with Gasteiger partial charge in [0.05, 0.1) is 22.3 Å². The number of para-hydroxylation sites is 1. The Labute approximate surface area is 187 Å². The lowest BCUT2D eigenvalue weighted by Gasteiger charge is -2.21. The topological polar surface area (TPSA) is 82.6 Å². The maximum Gasteiger partial charge on any atom is 0.282 e. The number of hydrogen-bond acceptors (Lipinski definition) is 5. The Bertz CT molecular complexity index is 1200. The fourth-order valence-electron chi connectivity index (χ4n) is 4.13. The first-order valence-corrected chi connectivity index (χ1v) is 11.0. The smallest absolute Gasteiger partial charge is 0.282 e. The molecule has 0 spiro atoms. The van der Waals surface area contributed by atoms with Crippen LogP contribution in [0.15, 0.2) is 48.5 Å². The van der Waals surface area contributed by atoms with Gasteiger partial charge in [0, 0.05) is 29.7 Å². The van der Waals surface area contributed by atoms with Gasteiger partial charge < -0.3 is 4.90 Å². The Hall–Kier alpha value is -3.74. The first kappa shape index (κ1) is 21.5. The van der Waals surface area contributed by atoms with Crippen LogP contribution in [0.2, 0.25) is 0 Å². The first-order chi connectivity index (χ1) is 15.5. The normalized spacial score (nSPS) is 12.9. The molecule has 0 atom stereocenters. The van der Waals surface area contributed by atoms with Gasteiger partial charge in [0.2, 0.25) is 0 Å². The van der Waals surface area contributed by atoms with Crippen LogP contribution in [0.4, 0.5) is 5.69 Å². The van der Waals surface area contributed by atoms with Crippen LogP contribution in [0, 0.1) is 0 Å². The van der Waals surface area contributed by atoms with Gasteiger partial charge in [0.1, 0.15) is 0 Å². The van der Waals surface area contributed by atoms with Crippen molar-refractivity contribution in [1.29, 1.82) is 0 Å².